The summed E-state index contributed by atoms with van der Waals surface area (Å²) in [5.41, 5.74) is 2.60. The number of carbonyl (C=O) groups is 2. The molecule has 0 aliphatic heterocycles. The maximum absolute atomic E-state index is 13.0. The number of hydrogen-bond acceptors (Lipinski definition) is 5. The van der Waals surface area contributed by atoms with E-state index in [1.165, 1.54) is 17.0 Å². The first-order chi connectivity index (χ1) is 15.0. The number of imide groups is 1. The van der Waals surface area contributed by atoms with Crippen LogP contribution in [-0.2, 0) is 17.6 Å². The number of aromatic nitrogens is 2. The molecule has 0 bridgehead atoms. The topological polar surface area (TPSA) is 90.1 Å². The summed E-state index contributed by atoms with van der Waals surface area (Å²) in [6.07, 6.45) is 2.33. The second kappa shape index (κ2) is 11.4. The van der Waals surface area contributed by atoms with Crippen LogP contribution < -0.4 is 10.6 Å². The lowest BCUT2D eigenvalue weighted by Gasteiger charge is -2.15. The summed E-state index contributed by atoms with van der Waals surface area (Å²) in [6.45, 7) is 1.32. The molecule has 0 unspecified atom stereocenters. The van der Waals surface area contributed by atoms with Crippen molar-refractivity contribution in [3.63, 3.8) is 0 Å². The Hall–Kier alpha value is -3.04. The first-order valence-electron chi connectivity index (χ1n) is 10.1. The number of nitrogens with one attached hydrogen (secondary N) is 3. The largest absolute Gasteiger partial charge is 0.337 e. The van der Waals surface area contributed by atoms with Gasteiger partial charge in [0.1, 0.15) is 5.82 Å². The maximum Gasteiger partial charge on any atom is 0.321 e. The summed E-state index contributed by atoms with van der Waals surface area (Å²) in [6, 6.07) is 11.7. The van der Waals surface area contributed by atoms with E-state index in [0.717, 1.165) is 36.2 Å². The van der Waals surface area contributed by atoms with Crippen molar-refractivity contribution in [1.82, 2.24) is 25.7 Å². The van der Waals surface area contributed by atoms with Gasteiger partial charge in [-0.3, -0.25) is 20.1 Å². The first kappa shape index (κ1) is 22.6. The molecular weight excluding hydrogens is 417 g/mol. The summed E-state index contributed by atoms with van der Waals surface area (Å²) in [4.78, 5) is 26.9. The van der Waals surface area contributed by atoms with Gasteiger partial charge in [-0.05, 0) is 74.6 Å². The van der Waals surface area contributed by atoms with Gasteiger partial charge in [0.25, 0.3) is 0 Å². The molecule has 9 heteroatoms. The molecule has 7 nitrogen and oxygen atoms in total. The first-order valence-corrected chi connectivity index (χ1v) is 11.0. The summed E-state index contributed by atoms with van der Waals surface area (Å²) >= 11 is 1.64. The van der Waals surface area contributed by atoms with Crippen LogP contribution >= 0.6 is 11.3 Å². The maximum atomic E-state index is 13.0. The normalized spacial score (nSPS) is 10.9. The van der Waals surface area contributed by atoms with E-state index in [0.29, 0.717) is 13.1 Å². The van der Waals surface area contributed by atoms with E-state index >= 15 is 0 Å². The Labute approximate surface area is 184 Å². The lowest BCUT2D eigenvalue weighted by molar-refractivity contribution is -0.120. The molecule has 31 heavy (non-hydrogen) atoms. The molecule has 1 aromatic carbocycles. The number of urea groups is 1. The standard InChI is InChI=1S/C22H26FN5O2S/c1-28(15-21(29)25-22(30)24-11-10-19-5-3-13-31-19)12-2-4-18-14-20(27-26-18)16-6-8-17(23)9-7-16/h3,5-9,13-14H,2,4,10-12,15H2,1H3,(H,26,27)(H2,24,25,29,30). The van der Waals surface area contributed by atoms with Crippen molar-refractivity contribution in [1.29, 1.82) is 0 Å². The SMILES string of the molecule is CN(CCCc1cc(-c2ccc(F)cc2)n[nH]1)CC(=O)NC(=O)NCCc1cccs1. The van der Waals surface area contributed by atoms with Crippen molar-refractivity contribution in [3.8, 4) is 11.3 Å². The zero-order valence-electron chi connectivity index (χ0n) is 17.4. The highest BCUT2D eigenvalue weighted by Crippen LogP contribution is 2.18. The molecule has 0 aliphatic carbocycles. The molecule has 0 fully saturated rings. The molecule has 3 rings (SSSR count). The Morgan fingerprint density at radius 2 is 2.00 bits per heavy atom. The van der Waals surface area contributed by atoms with E-state index in [4.69, 9.17) is 0 Å². The van der Waals surface area contributed by atoms with Crippen LogP contribution in [0.15, 0.2) is 47.8 Å². The molecule has 3 aromatic rings. The van der Waals surface area contributed by atoms with Gasteiger partial charge in [-0.15, -0.1) is 11.3 Å². The Kier molecular flexibility index (Phi) is 8.31. The van der Waals surface area contributed by atoms with E-state index in [1.54, 1.807) is 23.5 Å². The third-order valence-electron chi connectivity index (χ3n) is 4.66. The molecule has 0 radical (unpaired) electrons. The lowest BCUT2D eigenvalue weighted by Crippen LogP contribution is -2.44. The Morgan fingerprint density at radius 3 is 2.74 bits per heavy atom. The monoisotopic (exact) mass is 443 g/mol. The highest BCUT2D eigenvalue weighted by molar-refractivity contribution is 7.09. The Bertz CT molecular complexity index is 972. The molecule has 0 atom stereocenters. The average Bonchev–Trinajstić information content (AvgIpc) is 3.40. The number of hydrogen-bond donors (Lipinski definition) is 3. The number of amides is 3. The minimum absolute atomic E-state index is 0.141. The molecule has 0 saturated carbocycles. The highest BCUT2D eigenvalue weighted by atomic mass is 32.1. The second-order valence-electron chi connectivity index (χ2n) is 7.26. The van der Waals surface area contributed by atoms with Crippen LogP contribution in [-0.4, -0.2) is 53.7 Å². The van der Waals surface area contributed by atoms with E-state index < -0.39 is 6.03 Å². The zero-order valence-corrected chi connectivity index (χ0v) is 18.2. The van der Waals surface area contributed by atoms with E-state index in [1.807, 2.05) is 35.5 Å². The Morgan fingerprint density at radius 1 is 1.19 bits per heavy atom. The quantitative estimate of drug-likeness (QED) is 0.449. The molecule has 2 heterocycles. The molecule has 3 N–H and O–H groups in total. The summed E-state index contributed by atoms with van der Waals surface area (Å²) in [5, 5.41) is 14.3. The average molecular weight is 444 g/mol. The molecule has 0 saturated heterocycles. The summed E-state index contributed by atoms with van der Waals surface area (Å²) in [7, 11) is 1.84. The smallest absolute Gasteiger partial charge is 0.321 e. The third kappa shape index (κ3) is 7.62. The van der Waals surface area contributed by atoms with Crippen molar-refractivity contribution in [2.45, 2.75) is 19.3 Å². The number of thiophene rings is 1. The van der Waals surface area contributed by atoms with Gasteiger partial charge in [0.15, 0.2) is 0 Å². The fourth-order valence-electron chi connectivity index (χ4n) is 3.09. The Balaban J connectivity index is 1.31. The van der Waals surface area contributed by atoms with Gasteiger partial charge in [0.2, 0.25) is 5.91 Å². The molecular formula is C22H26FN5O2S. The van der Waals surface area contributed by atoms with Crippen LogP contribution in [0.1, 0.15) is 17.0 Å². The van der Waals surface area contributed by atoms with Crippen LogP contribution in [0.25, 0.3) is 11.3 Å². The number of likely N-dealkylation sites (N-methyl/N-ethyl adjacent to an activating group) is 1. The molecule has 164 valence electrons. The van der Waals surface area contributed by atoms with Crippen LogP contribution in [0.2, 0.25) is 0 Å². The molecule has 0 aliphatic rings. The van der Waals surface area contributed by atoms with E-state index in [9.17, 15) is 14.0 Å². The molecule has 3 amide bonds. The number of nitrogens with zero attached hydrogens (tertiary/aromatic N) is 2. The fourth-order valence-corrected chi connectivity index (χ4v) is 3.80. The number of benzene rings is 1. The van der Waals surface area contributed by atoms with Crippen LogP contribution in [0.4, 0.5) is 9.18 Å². The lowest BCUT2D eigenvalue weighted by atomic mass is 10.1. The number of halogens is 1. The van der Waals surface area contributed by atoms with Gasteiger partial charge in [-0.2, -0.15) is 5.10 Å². The van der Waals surface area contributed by atoms with Gasteiger partial charge < -0.3 is 5.32 Å². The number of rotatable bonds is 10. The van der Waals surface area contributed by atoms with Crippen LogP contribution in [0.5, 0.6) is 0 Å². The van der Waals surface area contributed by atoms with Crippen LogP contribution in [0.3, 0.4) is 0 Å². The van der Waals surface area contributed by atoms with Gasteiger partial charge in [-0.25, -0.2) is 9.18 Å². The zero-order chi connectivity index (χ0) is 22.1. The van der Waals surface area contributed by atoms with Crippen molar-refractivity contribution in [2.24, 2.45) is 0 Å². The predicted molar refractivity (Wildman–Crippen MR) is 119 cm³/mol. The fraction of sp³-hybridized carbons (Fsp3) is 0.318. The number of H-pyrrole nitrogens is 1. The predicted octanol–water partition coefficient (Wildman–Crippen LogP) is 3.21. The van der Waals surface area contributed by atoms with E-state index in [-0.39, 0.29) is 18.3 Å². The minimum atomic E-state index is -0.472. The van der Waals surface area contributed by atoms with Crippen molar-refractivity contribution < 1.29 is 14.0 Å². The van der Waals surface area contributed by atoms with Gasteiger partial charge >= 0.3 is 6.03 Å². The summed E-state index contributed by atoms with van der Waals surface area (Å²) in [5.74, 6) is -0.612. The molecule has 0 spiro atoms. The highest BCUT2D eigenvalue weighted by Gasteiger charge is 2.11. The summed E-state index contributed by atoms with van der Waals surface area (Å²) < 4.78 is 13.0. The van der Waals surface area contributed by atoms with Crippen molar-refractivity contribution >= 4 is 23.3 Å². The number of aromatic amines is 1. The van der Waals surface area contributed by atoms with Gasteiger partial charge in [0.05, 0.1) is 12.2 Å². The third-order valence-corrected chi connectivity index (χ3v) is 5.60. The van der Waals surface area contributed by atoms with Crippen molar-refractivity contribution in [2.75, 3.05) is 26.7 Å². The second-order valence-corrected chi connectivity index (χ2v) is 8.29. The number of aryl methyl sites for hydroxylation is 1. The minimum Gasteiger partial charge on any atom is -0.337 e. The van der Waals surface area contributed by atoms with Crippen LogP contribution in [0, 0.1) is 5.82 Å². The van der Waals surface area contributed by atoms with Crippen molar-refractivity contribution in [3.05, 3.63) is 64.2 Å². The van der Waals surface area contributed by atoms with Gasteiger partial charge in [0, 0.05) is 22.7 Å². The van der Waals surface area contributed by atoms with E-state index in [2.05, 4.69) is 20.8 Å². The number of carbonyl (C=O) groups excluding carboxylic acids is 2. The van der Waals surface area contributed by atoms with Gasteiger partial charge in [-0.1, -0.05) is 6.07 Å². The molecule has 2 aromatic heterocycles.